The fraction of sp³-hybridized carbons (Fsp3) is 0.444. The molecule has 1 aliphatic rings. The summed E-state index contributed by atoms with van der Waals surface area (Å²) in [7, 11) is 1.81. The lowest BCUT2D eigenvalue weighted by molar-refractivity contribution is 0.0518. The van der Waals surface area contributed by atoms with Gasteiger partial charge in [-0.3, -0.25) is 0 Å². The van der Waals surface area contributed by atoms with Crippen LogP contribution < -0.4 is 0 Å². The highest BCUT2D eigenvalue weighted by molar-refractivity contribution is 5.35. The zero-order valence-corrected chi connectivity index (χ0v) is 12.2. The van der Waals surface area contributed by atoms with Gasteiger partial charge in [0.15, 0.2) is 0 Å². The molecule has 0 saturated heterocycles. The lowest BCUT2D eigenvalue weighted by atomic mass is 9.83. The highest BCUT2D eigenvalue weighted by Crippen LogP contribution is 2.33. The van der Waals surface area contributed by atoms with Gasteiger partial charge in [-0.2, -0.15) is 0 Å². The summed E-state index contributed by atoms with van der Waals surface area (Å²) >= 11 is 0. The fourth-order valence-corrected chi connectivity index (χ4v) is 2.59. The Morgan fingerprint density at radius 2 is 1.79 bits per heavy atom. The number of hydrogen-bond acceptors (Lipinski definition) is 1. The molecule has 1 unspecified atom stereocenters. The maximum absolute atomic E-state index is 5.76. The van der Waals surface area contributed by atoms with Crippen molar-refractivity contribution in [1.29, 1.82) is 0 Å². The average Bonchev–Trinajstić information content (AvgIpc) is 2.48. The van der Waals surface area contributed by atoms with Gasteiger partial charge < -0.3 is 4.74 Å². The Morgan fingerprint density at radius 1 is 1.16 bits per heavy atom. The van der Waals surface area contributed by atoms with Crippen LogP contribution in [-0.4, -0.2) is 12.7 Å². The molecule has 0 bridgehead atoms. The van der Waals surface area contributed by atoms with E-state index >= 15 is 0 Å². The van der Waals surface area contributed by atoms with E-state index in [2.05, 4.69) is 68.5 Å². The van der Waals surface area contributed by atoms with Gasteiger partial charge in [0.05, 0.1) is 0 Å². The summed E-state index contributed by atoms with van der Waals surface area (Å²) in [6.45, 7) is 4.52. The first-order chi connectivity index (χ1) is 9.19. The van der Waals surface area contributed by atoms with Crippen LogP contribution in [0.4, 0.5) is 0 Å². The normalized spacial score (nSPS) is 27.4. The summed E-state index contributed by atoms with van der Waals surface area (Å²) in [5.74, 6) is 1.05. The lowest BCUT2D eigenvalue weighted by Gasteiger charge is -2.32. The number of allylic oxidation sites excluding steroid dienone is 2. The zero-order valence-electron chi connectivity index (χ0n) is 12.2. The molecule has 0 aliphatic heterocycles. The van der Waals surface area contributed by atoms with Crippen molar-refractivity contribution >= 4 is 0 Å². The van der Waals surface area contributed by atoms with E-state index in [1.165, 1.54) is 12.0 Å². The highest BCUT2D eigenvalue weighted by atomic mass is 16.5. The number of hydrogen-bond donors (Lipinski definition) is 0. The maximum atomic E-state index is 5.76. The van der Waals surface area contributed by atoms with Crippen LogP contribution in [0.5, 0.6) is 0 Å². The van der Waals surface area contributed by atoms with Crippen LogP contribution >= 0.6 is 0 Å². The molecule has 0 N–H and O–H groups in total. The fourth-order valence-electron chi connectivity index (χ4n) is 2.59. The van der Waals surface area contributed by atoms with Gasteiger partial charge in [0.25, 0.3) is 0 Å². The molecule has 1 heteroatoms. The molecule has 0 aromatic heterocycles. The minimum atomic E-state index is -0.208. The molecular formula is C18H24O. The molecule has 1 aliphatic carbocycles. The van der Waals surface area contributed by atoms with Gasteiger partial charge in [-0.25, -0.2) is 0 Å². The SMILES string of the molecule is CCC(C)CC1(OC)C=CC(c2ccccc2)C=C1. The molecule has 1 aromatic carbocycles. The summed E-state index contributed by atoms with van der Waals surface area (Å²) in [6.07, 6.45) is 11.2. The molecule has 0 saturated carbocycles. The van der Waals surface area contributed by atoms with Crippen molar-refractivity contribution in [3.05, 3.63) is 60.2 Å². The second-order valence-electron chi connectivity index (χ2n) is 5.53. The van der Waals surface area contributed by atoms with E-state index in [0.717, 1.165) is 6.42 Å². The van der Waals surface area contributed by atoms with Gasteiger partial charge in [0.2, 0.25) is 0 Å². The van der Waals surface area contributed by atoms with Gasteiger partial charge >= 0.3 is 0 Å². The van der Waals surface area contributed by atoms with Gasteiger partial charge in [-0.05, 0) is 17.9 Å². The Labute approximate surface area is 117 Å². The van der Waals surface area contributed by atoms with Crippen molar-refractivity contribution in [3.8, 4) is 0 Å². The minimum absolute atomic E-state index is 0.208. The summed E-state index contributed by atoms with van der Waals surface area (Å²) in [5, 5.41) is 0. The summed E-state index contributed by atoms with van der Waals surface area (Å²) in [6, 6.07) is 10.6. The first-order valence-electron chi connectivity index (χ1n) is 7.18. The molecule has 2 rings (SSSR count). The quantitative estimate of drug-likeness (QED) is 0.693. The van der Waals surface area contributed by atoms with Crippen molar-refractivity contribution in [2.24, 2.45) is 5.92 Å². The van der Waals surface area contributed by atoms with E-state index in [0.29, 0.717) is 11.8 Å². The van der Waals surface area contributed by atoms with Crippen LogP contribution in [0, 0.1) is 5.92 Å². The Bertz CT molecular complexity index is 430. The van der Waals surface area contributed by atoms with Gasteiger partial charge in [-0.1, -0.05) is 74.9 Å². The van der Waals surface area contributed by atoms with Crippen molar-refractivity contribution in [2.75, 3.05) is 7.11 Å². The molecule has 19 heavy (non-hydrogen) atoms. The molecule has 1 atom stereocenters. The molecule has 0 spiro atoms. The zero-order chi connectivity index (χ0) is 13.7. The largest absolute Gasteiger partial charge is 0.370 e. The lowest BCUT2D eigenvalue weighted by Crippen LogP contribution is -2.30. The number of ether oxygens (including phenoxy) is 1. The molecule has 1 aromatic rings. The average molecular weight is 256 g/mol. The smallest absolute Gasteiger partial charge is 0.104 e. The van der Waals surface area contributed by atoms with Gasteiger partial charge in [0, 0.05) is 13.0 Å². The number of methoxy groups -OCH3 is 1. The van der Waals surface area contributed by atoms with Crippen molar-refractivity contribution in [3.63, 3.8) is 0 Å². The van der Waals surface area contributed by atoms with E-state index in [4.69, 9.17) is 4.74 Å². The topological polar surface area (TPSA) is 9.23 Å². The highest BCUT2D eigenvalue weighted by Gasteiger charge is 2.28. The Kier molecular flexibility index (Phi) is 4.60. The van der Waals surface area contributed by atoms with Crippen molar-refractivity contribution in [2.45, 2.75) is 38.2 Å². The molecule has 1 nitrogen and oxygen atoms in total. The molecule has 0 heterocycles. The summed E-state index contributed by atoms with van der Waals surface area (Å²) in [4.78, 5) is 0. The predicted molar refractivity (Wildman–Crippen MR) is 81.3 cm³/mol. The van der Waals surface area contributed by atoms with Crippen LogP contribution in [0.2, 0.25) is 0 Å². The van der Waals surface area contributed by atoms with Crippen molar-refractivity contribution in [1.82, 2.24) is 0 Å². The summed E-state index contributed by atoms with van der Waals surface area (Å²) in [5.41, 5.74) is 1.13. The Balaban J connectivity index is 2.12. The Hall–Kier alpha value is -1.34. The first kappa shape index (κ1) is 14.1. The van der Waals surface area contributed by atoms with Crippen molar-refractivity contribution < 1.29 is 4.74 Å². The third kappa shape index (κ3) is 3.36. The van der Waals surface area contributed by atoms with E-state index in [-0.39, 0.29) is 5.60 Å². The van der Waals surface area contributed by atoms with Crippen LogP contribution in [0.3, 0.4) is 0 Å². The van der Waals surface area contributed by atoms with Crippen LogP contribution in [0.15, 0.2) is 54.6 Å². The van der Waals surface area contributed by atoms with E-state index in [1.807, 2.05) is 0 Å². The third-order valence-electron chi connectivity index (χ3n) is 4.10. The number of rotatable bonds is 5. The Morgan fingerprint density at radius 3 is 2.32 bits per heavy atom. The molecular weight excluding hydrogens is 232 g/mol. The minimum Gasteiger partial charge on any atom is -0.370 e. The molecule has 0 fully saturated rings. The van der Waals surface area contributed by atoms with E-state index in [9.17, 15) is 0 Å². The van der Waals surface area contributed by atoms with Gasteiger partial charge in [-0.15, -0.1) is 0 Å². The van der Waals surface area contributed by atoms with Gasteiger partial charge in [0.1, 0.15) is 5.60 Å². The molecule has 0 amide bonds. The number of benzene rings is 1. The first-order valence-corrected chi connectivity index (χ1v) is 7.18. The predicted octanol–water partition coefficient (Wildman–Crippen LogP) is 4.72. The second-order valence-corrected chi connectivity index (χ2v) is 5.53. The van der Waals surface area contributed by atoms with Crippen LogP contribution in [0.25, 0.3) is 0 Å². The van der Waals surface area contributed by atoms with Crippen LogP contribution in [-0.2, 0) is 4.74 Å². The monoisotopic (exact) mass is 256 g/mol. The van der Waals surface area contributed by atoms with E-state index in [1.54, 1.807) is 7.11 Å². The molecule has 102 valence electrons. The maximum Gasteiger partial charge on any atom is 0.104 e. The summed E-state index contributed by atoms with van der Waals surface area (Å²) < 4.78 is 5.76. The third-order valence-corrected chi connectivity index (χ3v) is 4.10. The standard InChI is InChI=1S/C18H24O/c1-4-15(2)14-18(19-3)12-10-17(11-13-18)16-8-6-5-7-9-16/h5-13,15,17H,4,14H2,1-3H3. The second kappa shape index (κ2) is 6.21. The van der Waals surface area contributed by atoms with E-state index < -0.39 is 0 Å². The van der Waals surface area contributed by atoms with Crippen LogP contribution in [0.1, 0.15) is 38.2 Å². The molecule has 0 radical (unpaired) electrons.